The van der Waals surface area contributed by atoms with Gasteiger partial charge in [-0.1, -0.05) is 36.4 Å². The summed E-state index contributed by atoms with van der Waals surface area (Å²) in [6.07, 6.45) is 3.42. The predicted molar refractivity (Wildman–Crippen MR) is 85.3 cm³/mol. The molecule has 0 radical (unpaired) electrons. The van der Waals surface area contributed by atoms with Gasteiger partial charge < -0.3 is 0 Å². The van der Waals surface area contributed by atoms with Crippen molar-refractivity contribution in [1.82, 2.24) is 24.8 Å². The molecule has 8 heteroatoms. The van der Waals surface area contributed by atoms with Gasteiger partial charge in [-0.2, -0.15) is 5.10 Å². The van der Waals surface area contributed by atoms with Gasteiger partial charge in [0.25, 0.3) is 0 Å². The maximum Gasteiger partial charge on any atom is 0.0850 e. The summed E-state index contributed by atoms with van der Waals surface area (Å²) >= 11 is 7.80. The molecule has 0 aliphatic rings. The third-order valence-corrected chi connectivity index (χ3v) is 4.81. The lowest BCUT2D eigenvalue weighted by Crippen LogP contribution is -2.30. The van der Waals surface area contributed by atoms with Gasteiger partial charge in [0.05, 0.1) is 33.0 Å². The number of aryl methyl sites for hydroxylation is 3. The van der Waals surface area contributed by atoms with Crippen molar-refractivity contribution in [3.05, 3.63) is 27.0 Å². The fourth-order valence-electron chi connectivity index (χ4n) is 2.35. The maximum atomic E-state index is 6.41. The summed E-state index contributed by atoms with van der Waals surface area (Å²) in [4.78, 5) is 1.08. The summed E-state index contributed by atoms with van der Waals surface area (Å²) in [6, 6.07) is -0.0517. The average Bonchev–Trinajstić information content (AvgIpc) is 3.03. The molecule has 2 aromatic heterocycles. The summed E-state index contributed by atoms with van der Waals surface area (Å²) in [5.41, 5.74) is 5.77. The standard InChI is InChI=1S/C13H21ClN6S/c1-4-6-9-13(21-19-17-9)10(16-15)7-11-12(14)8(5-2)18-20(11)3/h10,16H,4-7,15H2,1-3H3. The molecule has 0 amide bonds. The van der Waals surface area contributed by atoms with Gasteiger partial charge in [0, 0.05) is 13.5 Å². The molecular weight excluding hydrogens is 308 g/mol. The Morgan fingerprint density at radius 2 is 2.14 bits per heavy atom. The number of hydrogen-bond acceptors (Lipinski definition) is 6. The summed E-state index contributed by atoms with van der Waals surface area (Å²) < 4.78 is 5.89. The van der Waals surface area contributed by atoms with E-state index in [1.807, 2.05) is 18.7 Å². The van der Waals surface area contributed by atoms with Crippen LogP contribution in [0, 0.1) is 0 Å². The maximum absolute atomic E-state index is 6.41. The quantitative estimate of drug-likeness (QED) is 0.601. The van der Waals surface area contributed by atoms with Crippen LogP contribution in [0.5, 0.6) is 0 Å². The van der Waals surface area contributed by atoms with E-state index in [4.69, 9.17) is 17.4 Å². The minimum Gasteiger partial charge on any atom is -0.271 e. The second kappa shape index (κ2) is 7.31. The minimum atomic E-state index is -0.0517. The molecule has 3 N–H and O–H groups in total. The molecule has 21 heavy (non-hydrogen) atoms. The van der Waals surface area contributed by atoms with Crippen LogP contribution in [0.4, 0.5) is 0 Å². The SMILES string of the molecule is CCCc1nnsc1C(Cc1c(Cl)c(CC)nn1C)NN. The third kappa shape index (κ3) is 3.42. The topological polar surface area (TPSA) is 81.7 Å². The summed E-state index contributed by atoms with van der Waals surface area (Å²) in [5.74, 6) is 5.74. The van der Waals surface area contributed by atoms with Crippen molar-refractivity contribution in [2.75, 3.05) is 0 Å². The van der Waals surface area contributed by atoms with Crippen molar-refractivity contribution in [3.8, 4) is 0 Å². The number of halogens is 1. The van der Waals surface area contributed by atoms with E-state index in [0.29, 0.717) is 6.42 Å². The average molecular weight is 329 g/mol. The lowest BCUT2D eigenvalue weighted by molar-refractivity contribution is 0.532. The first-order valence-electron chi connectivity index (χ1n) is 7.09. The Kier molecular flexibility index (Phi) is 5.69. The van der Waals surface area contributed by atoms with Gasteiger partial charge in [-0.15, -0.1) is 5.10 Å². The molecule has 0 aliphatic carbocycles. The number of rotatable bonds is 7. The van der Waals surface area contributed by atoms with Crippen molar-refractivity contribution in [1.29, 1.82) is 0 Å². The number of nitrogens with two attached hydrogens (primary N) is 1. The smallest absolute Gasteiger partial charge is 0.0850 e. The molecular formula is C13H21ClN6S. The highest BCUT2D eigenvalue weighted by atomic mass is 35.5. The molecule has 1 unspecified atom stereocenters. The lowest BCUT2D eigenvalue weighted by Gasteiger charge is -2.15. The molecule has 6 nitrogen and oxygen atoms in total. The Labute approximate surface area is 133 Å². The molecule has 0 saturated heterocycles. The number of hydrazine groups is 1. The Hall–Kier alpha value is -1.02. The third-order valence-electron chi connectivity index (χ3n) is 3.49. The summed E-state index contributed by atoms with van der Waals surface area (Å²) in [7, 11) is 1.91. The van der Waals surface area contributed by atoms with E-state index in [0.717, 1.165) is 46.2 Å². The molecule has 0 spiro atoms. The second-order valence-electron chi connectivity index (χ2n) is 4.94. The Balaban J connectivity index is 2.27. The largest absolute Gasteiger partial charge is 0.271 e. The monoisotopic (exact) mass is 328 g/mol. The molecule has 0 bridgehead atoms. The molecule has 1 atom stereocenters. The first kappa shape index (κ1) is 16.4. The summed E-state index contributed by atoms with van der Waals surface area (Å²) in [5, 5.41) is 9.38. The molecule has 0 fully saturated rings. The second-order valence-corrected chi connectivity index (χ2v) is 6.11. The zero-order chi connectivity index (χ0) is 15.4. The zero-order valence-electron chi connectivity index (χ0n) is 12.6. The van der Waals surface area contributed by atoms with Crippen LogP contribution in [-0.4, -0.2) is 19.4 Å². The molecule has 116 valence electrons. The molecule has 2 aromatic rings. The molecule has 0 aromatic carbocycles. The Morgan fingerprint density at radius 1 is 1.38 bits per heavy atom. The van der Waals surface area contributed by atoms with Gasteiger partial charge in [-0.3, -0.25) is 16.0 Å². The van der Waals surface area contributed by atoms with Crippen molar-refractivity contribution < 1.29 is 0 Å². The molecule has 2 heterocycles. The highest BCUT2D eigenvalue weighted by molar-refractivity contribution is 7.05. The van der Waals surface area contributed by atoms with Crippen LogP contribution >= 0.6 is 23.1 Å². The van der Waals surface area contributed by atoms with E-state index in [1.54, 1.807) is 0 Å². The van der Waals surface area contributed by atoms with Crippen molar-refractivity contribution >= 4 is 23.1 Å². The molecule has 0 saturated carbocycles. The Morgan fingerprint density at radius 3 is 2.71 bits per heavy atom. The van der Waals surface area contributed by atoms with Gasteiger partial charge in [0.1, 0.15) is 0 Å². The highest BCUT2D eigenvalue weighted by Crippen LogP contribution is 2.28. The van der Waals surface area contributed by atoms with Gasteiger partial charge in [0.15, 0.2) is 0 Å². The van der Waals surface area contributed by atoms with Crippen LogP contribution in [0.2, 0.25) is 5.02 Å². The van der Waals surface area contributed by atoms with Crippen molar-refractivity contribution in [3.63, 3.8) is 0 Å². The van der Waals surface area contributed by atoms with Gasteiger partial charge in [0.2, 0.25) is 0 Å². The van der Waals surface area contributed by atoms with E-state index in [2.05, 4.69) is 27.0 Å². The Bertz CT molecular complexity index is 593. The van der Waals surface area contributed by atoms with E-state index >= 15 is 0 Å². The number of nitrogens with one attached hydrogen (secondary N) is 1. The minimum absolute atomic E-state index is 0.0517. The molecule has 2 rings (SSSR count). The van der Waals surface area contributed by atoms with E-state index in [-0.39, 0.29) is 6.04 Å². The van der Waals surface area contributed by atoms with Crippen LogP contribution in [0.15, 0.2) is 0 Å². The predicted octanol–water partition coefficient (Wildman–Crippen LogP) is 2.19. The van der Waals surface area contributed by atoms with E-state index < -0.39 is 0 Å². The van der Waals surface area contributed by atoms with Crippen LogP contribution in [0.25, 0.3) is 0 Å². The van der Waals surface area contributed by atoms with E-state index in [9.17, 15) is 0 Å². The number of aromatic nitrogens is 4. The van der Waals surface area contributed by atoms with Crippen LogP contribution < -0.4 is 11.3 Å². The van der Waals surface area contributed by atoms with Gasteiger partial charge in [-0.05, 0) is 24.4 Å². The highest BCUT2D eigenvalue weighted by Gasteiger charge is 2.22. The molecule has 0 aliphatic heterocycles. The number of nitrogens with zero attached hydrogens (tertiary/aromatic N) is 4. The first-order chi connectivity index (χ1) is 10.1. The number of hydrogen-bond donors (Lipinski definition) is 2. The van der Waals surface area contributed by atoms with Crippen LogP contribution in [0.3, 0.4) is 0 Å². The van der Waals surface area contributed by atoms with E-state index in [1.165, 1.54) is 11.5 Å². The fraction of sp³-hybridized carbons (Fsp3) is 0.615. The van der Waals surface area contributed by atoms with Crippen LogP contribution in [-0.2, 0) is 26.3 Å². The van der Waals surface area contributed by atoms with Crippen molar-refractivity contribution in [2.45, 2.75) is 45.6 Å². The van der Waals surface area contributed by atoms with Gasteiger partial charge >= 0.3 is 0 Å². The van der Waals surface area contributed by atoms with Crippen molar-refractivity contribution in [2.24, 2.45) is 12.9 Å². The normalized spacial score (nSPS) is 12.8. The summed E-state index contributed by atoms with van der Waals surface area (Å²) in [6.45, 7) is 4.17. The van der Waals surface area contributed by atoms with Crippen LogP contribution in [0.1, 0.15) is 48.3 Å². The first-order valence-corrected chi connectivity index (χ1v) is 8.24. The van der Waals surface area contributed by atoms with Gasteiger partial charge in [-0.25, -0.2) is 0 Å². The zero-order valence-corrected chi connectivity index (χ0v) is 14.1. The fourth-order valence-corrected chi connectivity index (χ4v) is 3.48. The lowest BCUT2D eigenvalue weighted by atomic mass is 10.1.